The van der Waals surface area contributed by atoms with Crippen LogP contribution >= 0.6 is 11.8 Å². The maximum atomic E-state index is 12.2. The van der Waals surface area contributed by atoms with E-state index in [-0.39, 0.29) is 11.2 Å². The van der Waals surface area contributed by atoms with Crippen molar-refractivity contribution < 1.29 is 9.53 Å². The van der Waals surface area contributed by atoms with Crippen LogP contribution < -0.4 is 15.0 Å². The molecule has 3 rings (SSSR count). The predicted octanol–water partition coefficient (Wildman–Crippen LogP) is 3.32. The van der Waals surface area contributed by atoms with E-state index >= 15 is 0 Å². The van der Waals surface area contributed by atoms with Crippen LogP contribution in [0.5, 0.6) is 5.75 Å². The lowest BCUT2D eigenvalue weighted by Crippen LogP contribution is -2.25. The summed E-state index contributed by atoms with van der Waals surface area (Å²) in [5, 5.41) is 11.4. The maximum absolute atomic E-state index is 12.2. The summed E-state index contributed by atoms with van der Waals surface area (Å²) < 4.78 is 5.45. The number of hydrogen-bond acceptors (Lipinski definition) is 6. The minimum atomic E-state index is -0.203. The van der Waals surface area contributed by atoms with Crippen LogP contribution in [0.1, 0.15) is 18.1 Å². The van der Waals surface area contributed by atoms with Gasteiger partial charge in [-0.1, -0.05) is 36.0 Å². The van der Waals surface area contributed by atoms with E-state index in [1.54, 1.807) is 6.21 Å². The molecule has 1 unspecified atom stereocenters. The van der Waals surface area contributed by atoms with Crippen molar-refractivity contribution in [3.63, 3.8) is 0 Å². The van der Waals surface area contributed by atoms with Gasteiger partial charge in [0.2, 0.25) is 5.91 Å². The Morgan fingerprint density at radius 1 is 1.14 bits per heavy atom. The van der Waals surface area contributed by atoms with Gasteiger partial charge in [0.1, 0.15) is 5.75 Å². The van der Waals surface area contributed by atoms with Crippen molar-refractivity contribution in [3.05, 3.63) is 59.7 Å². The molecule has 0 bridgehead atoms. The van der Waals surface area contributed by atoms with Crippen LogP contribution in [0.2, 0.25) is 0 Å². The molecule has 2 aromatic carbocycles. The Morgan fingerprint density at radius 3 is 2.50 bits per heavy atom. The van der Waals surface area contributed by atoms with E-state index in [2.05, 4.69) is 15.5 Å². The van der Waals surface area contributed by atoms with Crippen molar-refractivity contribution in [2.24, 2.45) is 10.2 Å². The van der Waals surface area contributed by atoms with Gasteiger partial charge < -0.3 is 15.0 Å². The molecular formula is C21H24N4O2S. The number of carbonyl (C=O) groups excluding carboxylic acids is 1. The molecule has 0 aliphatic carbocycles. The number of nitrogens with zero attached hydrogens (tertiary/aromatic N) is 3. The second kappa shape index (κ2) is 9.41. The van der Waals surface area contributed by atoms with E-state index in [1.807, 2.05) is 74.4 Å². The third-order valence-corrected chi connectivity index (χ3v) is 5.27. The van der Waals surface area contributed by atoms with Gasteiger partial charge in [-0.2, -0.15) is 5.10 Å². The summed E-state index contributed by atoms with van der Waals surface area (Å²) in [5.41, 5.74) is 3.16. The summed E-state index contributed by atoms with van der Waals surface area (Å²) in [5.74, 6) is 0.799. The molecule has 1 saturated heterocycles. The Bertz CT molecular complexity index is 861. The fourth-order valence-corrected chi connectivity index (χ4v) is 3.66. The molecule has 7 heteroatoms. The lowest BCUT2D eigenvalue weighted by molar-refractivity contribution is -0.118. The fourth-order valence-electron chi connectivity index (χ4n) is 2.70. The largest absolute Gasteiger partial charge is 0.494 e. The average Bonchev–Trinajstić information content (AvgIpc) is 3.03. The maximum Gasteiger partial charge on any atom is 0.239 e. The summed E-state index contributed by atoms with van der Waals surface area (Å²) in [6, 6.07) is 15.8. The molecule has 1 heterocycles. The summed E-state index contributed by atoms with van der Waals surface area (Å²) in [6.07, 6.45) is 2.32. The summed E-state index contributed by atoms with van der Waals surface area (Å²) in [4.78, 5) is 14.2. The predicted molar refractivity (Wildman–Crippen MR) is 117 cm³/mol. The molecular weight excluding hydrogens is 372 g/mol. The van der Waals surface area contributed by atoms with Gasteiger partial charge in [0.25, 0.3) is 0 Å². The molecule has 0 radical (unpaired) electrons. The first-order chi connectivity index (χ1) is 13.5. The number of thioether (sulfide) groups is 1. The Hall–Kier alpha value is -2.80. The van der Waals surface area contributed by atoms with Crippen LogP contribution in [-0.4, -0.2) is 43.2 Å². The highest BCUT2D eigenvalue weighted by molar-refractivity contribution is 8.15. The van der Waals surface area contributed by atoms with Gasteiger partial charge in [0.15, 0.2) is 5.17 Å². The van der Waals surface area contributed by atoms with E-state index in [1.165, 1.54) is 11.8 Å². The number of ether oxygens (including phenoxy) is 1. The smallest absolute Gasteiger partial charge is 0.239 e. The Labute approximate surface area is 169 Å². The van der Waals surface area contributed by atoms with Crippen LogP contribution in [0.15, 0.2) is 58.7 Å². The molecule has 1 aliphatic rings. The topological polar surface area (TPSA) is 66.3 Å². The van der Waals surface area contributed by atoms with Crippen molar-refractivity contribution in [2.75, 3.05) is 25.6 Å². The molecule has 0 saturated carbocycles. The third kappa shape index (κ3) is 5.36. The standard InChI is InChI=1S/C21H24N4O2S/c1-4-27-18-11-7-15(8-12-18)13-19-20(26)23-21(28-19)24-22-14-16-5-9-17(10-6-16)25(2)3/h5-12,14,19H,4,13H2,1-3H3,(H,23,24,26)/b22-14-. The van der Waals surface area contributed by atoms with Gasteiger partial charge in [0, 0.05) is 19.8 Å². The number of rotatable bonds is 7. The summed E-state index contributed by atoms with van der Waals surface area (Å²) in [6.45, 7) is 2.59. The number of anilines is 1. The molecule has 1 fully saturated rings. The molecule has 1 aliphatic heterocycles. The molecule has 2 aromatic rings. The van der Waals surface area contributed by atoms with Gasteiger partial charge in [-0.15, -0.1) is 5.10 Å². The first-order valence-electron chi connectivity index (χ1n) is 9.13. The van der Waals surface area contributed by atoms with Crippen LogP contribution in [-0.2, 0) is 11.2 Å². The van der Waals surface area contributed by atoms with Gasteiger partial charge in [-0.05, 0) is 48.7 Å². The Kier molecular flexibility index (Phi) is 6.71. The van der Waals surface area contributed by atoms with E-state index in [0.29, 0.717) is 18.2 Å². The molecule has 0 spiro atoms. The van der Waals surface area contributed by atoms with E-state index in [9.17, 15) is 4.79 Å². The zero-order chi connectivity index (χ0) is 19.9. The quantitative estimate of drug-likeness (QED) is 0.576. The first kappa shape index (κ1) is 19.9. The summed E-state index contributed by atoms with van der Waals surface area (Å²) >= 11 is 1.41. The third-order valence-electron chi connectivity index (χ3n) is 4.20. The van der Waals surface area contributed by atoms with Crippen LogP contribution in [0.3, 0.4) is 0 Å². The SMILES string of the molecule is CCOc1ccc(CC2S/C(=N/N=C\c3ccc(N(C)C)cc3)NC2=O)cc1. The van der Waals surface area contributed by atoms with E-state index in [0.717, 1.165) is 22.6 Å². The molecule has 1 atom stereocenters. The monoisotopic (exact) mass is 396 g/mol. The van der Waals surface area contributed by atoms with Crippen molar-refractivity contribution >= 4 is 34.7 Å². The second-order valence-electron chi connectivity index (χ2n) is 6.51. The van der Waals surface area contributed by atoms with Crippen LogP contribution in [0.4, 0.5) is 5.69 Å². The molecule has 146 valence electrons. The van der Waals surface area contributed by atoms with E-state index in [4.69, 9.17) is 4.74 Å². The average molecular weight is 397 g/mol. The van der Waals surface area contributed by atoms with Crippen molar-refractivity contribution in [1.82, 2.24) is 5.32 Å². The highest BCUT2D eigenvalue weighted by Crippen LogP contribution is 2.24. The van der Waals surface area contributed by atoms with E-state index < -0.39 is 0 Å². The molecule has 1 amide bonds. The molecule has 28 heavy (non-hydrogen) atoms. The Morgan fingerprint density at radius 2 is 1.86 bits per heavy atom. The first-order valence-corrected chi connectivity index (χ1v) is 10.0. The normalized spacial score (nSPS) is 17.9. The molecule has 6 nitrogen and oxygen atoms in total. The number of amidine groups is 1. The number of nitrogens with one attached hydrogen (secondary N) is 1. The number of amides is 1. The van der Waals surface area contributed by atoms with Crippen molar-refractivity contribution in [1.29, 1.82) is 0 Å². The lowest BCUT2D eigenvalue weighted by atomic mass is 10.1. The van der Waals surface area contributed by atoms with Crippen molar-refractivity contribution in [2.45, 2.75) is 18.6 Å². The van der Waals surface area contributed by atoms with Crippen molar-refractivity contribution in [3.8, 4) is 5.75 Å². The zero-order valence-electron chi connectivity index (χ0n) is 16.3. The highest BCUT2D eigenvalue weighted by Gasteiger charge is 2.30. The van der Waals surface area contributed by atoms with Gasteiger partial charge >= 0.3 is 0 Å². The zero-order valence-corrected chi connectivity index (χ0v) is 17.1. The number of hydrogen-bond donors (Lipinski definition) is 1. The van der Waals surface area contributed by atoms with Crippen LogP contribution in [0.25, 0.3) is 0 Å². The van der Waals surface area contributed by atoms with Gasteiger partial charge in [-0.25, -0.2) is 0 Å². The molecule has 0 aromatic heterocycles. The second-order valence-corrected chi connectivity index (χ2v) is 7.70. The highest BCUT2D eigenvalue weighted by atomic mass is 32.2. The minimum absolute atomic E-state index is 0.0387. The summed E-state index contributed by atoms with van der Waals surface area (Å²) in [7, 11) is 4.00. The number of benzene rings is 2. The van der Waals surface area contributed by atoms with Gasteiger partial charge in [-0.3, -0.25) is 4.79 Å². The Balaban J connectivity index is 1.57. The molecule has 1 N–H and O–H groups in total. The van der Waals surface area contributed by atoms with Gasteiger partial charge in [0.05, 0.1) is 18.1 Å². The van der Waals surface area contributed by atoms with Crippen LogP contribution in [0, 0.1) is 0 Å². The number of carbonyl (C=O) groups is 1. The minimum Gasteiger partial charge on any atom is -0.494 e. The fraction of sp³-hybridized carbons (Fsp3) is 0.286. The lowest BCUT2D eigenvalue weighted by Gasteiger charge is -2.11.